The maximum atomic E-state index is 13.8. The summed E-state index contributed by atoms with van der Waals surface area (Å²) in [5, 5.41) is 12.0. The molecule has 0 unspecified atom stereocenters. The second kappa shape index (κ2) is 10.1. The van der Waals surface area contributed by atoms with Crippen LogP contribution >= 0.6 is 23.1 Å². The molecule has 4 rings (SSSR count). The second-order valence-electron chi connectivity index (χ2n) is 7.10. The lowest BCUT2D eigenvalue weighted by Gasteiger charge is -2.05. The summed E-state index contributed by atoms with van der Waals surface area (Å²) < 4.78 is 26.0. The lowest BCUT2D eigenvalue weighted by molar-refractivity contribution is 0.102. The Morgan fingerprint density at radius 1 is 1.25 bits per heavy atom. The van der Waals surface area contributed by atoms with Crippen molar-refractivity contribution in [2.24, 2.45) is 0 Å². The zero-order valence-corrected chi connectivity index (χ0v) is 19.3. The molecular formula is C23H22FN3O3S2. The number of carbonyl (C=O) groups is 1. The number of benzene rings is 2. The number of anilines is 1. The van der Waals surface area contributed by atoms with Crippen LogP contribution in [0.1, 0.15) is 41.4 Å². The van der Waals surface area contributed by atoms with Gasteiger partial charge in [0.25, 0.3) is 5.91 Å². The molecule has 0 atom stereocenters. The summed E-state index contributed by atoms with van der Waals surface area (Å²) in [7, 11) is 0. The van der Waals surface area contributed by atoms with Gasteiger partial charge in [-0.2, -0.15) is 0 Å². The third-order valence-electron chi connectivity index (χ3n) is 4.77. The number of amides is 1. The first-order valence-electron chi connectivity index (χ1n) is 10.2. The number of thioether (sulfide) groups is 1. The molecule has 0 saturated heterocycles. The van der Waals surface area contributed by atoms with E-state index < -0.39 is 0 Å². The van der Waals surface area contributed by atoms with Crippen LogP contribution in [0.4, 0.5) is 9.52 Å². The van der Waals surface area contributed by atoms with E-state index in [0.29, 0.717) is 55.4 Å². The molecule has 2 aromatic carbocycles. The molecule has 1 amide bonds. The summed E-state index contributed by atoms with van der Waals surface area (Å²) in [6, 6.07) is 12.1. The summed E-state index contributed by atoms with van der Waals surface area (Å²) in [5.74, 6) is 1.07. The van der Waals surface area contributed by atoms with E-state index in [1.165, 1.54) is 29.2 Å². The second-order valence-corrected chi connectivity index (χ2v) is 9.30. The van der Waals surface area contributed by atoms with E-state index in [1.807, 2.05) is 18.2 Å². The molecule has 32 heavy (non-hydrogen) atoms. The predicted octanol–water partition coefficient (Wildman–Crippen LogP) is 6.46. The smallest absolute Gasteiger partial charge is 0.261 e. The number of nitrogens with one attached hydrogen (secondary N) is 1. The molecule has 2 aromatic heterocycles. The van der Waals surface area contributed by atoms with Gasteiger partial charge in [0.05, 0.1) is 12.2 Å². The number of nitrogens with zero attached hydrogens (tertiary/aromatic N) is 2. The van der Waals surface area contributed by atoms with Crippen LogP contribution < -0.4 is 10.1 Å². The number of aromatic nitrogens is 2. The largest absolute Gasteiger partial charge is 0.494 e. The van der Waals surface area contributed by atoms with Crippen LogP contribution in [0.3, 0.4) is 0 Å². The maximum Gasteiger partial charge on any atom is 0.261 e. The summed E-state index contributed by atoms with van der Waals surface area (Å²) in [5.41, 5.74) is 1.65. The molecule has 0 aliphatic rings. The molecule has 0 saturated carbocycles. The molecule has 6 nitrogen and oxygen atoms in total. The minimum absolute atomic E-state index is 0.251. The van der Waals surface area contributed by atoms with Gasteiger partial charge in [-0.25, -0.2) is 4.39 Å². The third-order valence-corrected chi connectivity index (χ3v) is 6.79. The van der Waals surface area contributed by atoms with Crippen molar-refractivity contribution in [3.05, 3.63) is 65.2 Å². The van der Waals surface area contributed by atoms with Crippen LogP contribution in [0, 0.1) is 12.7 Å². The van der Waals surface area contributed by atoms with Gasteiger partial charge >= 0.3 is 0 Å². The molecule has 0 aliphatic carbocycles. The van der Waals surface area contributed by atoms with Crippen molar-refractivity contribution in [1.29, 1.82) is 0 Å². The molecule has 4 aromatic rings. The van der Waals surface area contributed by atoms with Gasteiger partial charge in [0.2, 0.25) is 5.13 Å². The zero-order valence-electron chi connectivity index (χ0n) is 17.7. The molecule has 0 spiro atoms. The first kappa shape index (κ1) is 22.3. The molecule has 0 radical (unpaired) electrons. The highest BCUT2D eigenvalue weighted by Gasteiger charge is 2.20. The van der Waals surface area contributed by atoms with Crippen LogP contribution in [-0.2, 0) is 5.75 Å². The first-order valence-corrected chi connectivity index (χ1v) is 12.0. The number of fused-ring (bicyclic) bond motifs is 1. The Morgan fingerprint density at radius 2 is 2.09 bits per heavy atom. The quantitative estimate of drug-likeness (QED) is 0.172. The highest BCUT2D eigenvalue weighted by molar-refractivity contribution is 8.00. The minimum Gasteiger partial charge on any atom is -0.494 e. The van der Waals surface area contributed by atoms with Crippen LogP contribution in [0.25, 0.3) is 11.0 Å². The number of hydrogen-bond acceptors (Lipinski definition) is 7. The van der Waals surface area contributed by atoms with Crippen molar-refractivity contribution in [3.63, 3.8) is 0 Å². The number of hydrogen-bond donors (Lipinski definition) is 1. The van der Waals surface area contributed by atoms with E-state index in [9.17, 15) is 9.18 Å². The van der Waals surface area contributed by atoms with Gasteiger partial charge in [0.15, 0.2) is 4.34 Å². The number of halogens is 1. The van der Waals surface area contributed by atoms with Gasteiger partial charge in [-0.1, -0.05) is 54.6 Å². The van der Waals surface area contributed by atoms with Crippen molar-refractivity contribution < 1.29 is 18.3 Å². The van der Waals surface area contributed by atoms with Crippen LogP contribution in [0.15, 0.2) is 51.2 Å². The molecular weight excluding hydrogens is 449 g/mol. The van der Waals surface area contributed by atoms with Gasteiger partial charge in [-0.15, -0.1) is 10.2 Å². The highest BCUT2D eigenvalue weighted by atomic mass is 32.2. The average molecular weight is 472 g/mol. The van der Waals surface area contributed by atoms with Crippen molar-refractivity contribution in [2.75, 3.05) is 11.9 Å². The van der Waals surface area contributed by atoms with Crippen LogP contribution in [-0.4, -0.2) is 22.7 Å². The van der Waals surface area contributed by atoms with Crippen molar-refractivity contribution in [2.45, 2.75) is 36.8 Å². The first-order chi connectivity index (χ1) is 15.5. The Balaban J connectivity index is 1.46. The van der Waals surface area contributed by atoms with Gasteiger partial charge in [0.1, 0.15) is 22.9 Å². The van der Waals surface area contributed by atoms with E-state index in [2.05, 4.69) is 22.4 Å². The predicted molar refractivity (Wildman–Crippen MR) is 125 cm³/mol. The Labute approximate surface area is 193 Å². The molecule has 9 heteroatoms. The number of aryl methyl sites for hydroxylation is 1. The van der Waals surface area contributed by atoms with Crippen molar-refractivity contribution >= 4 is 45.1 Å². The zero-order chi connectivity index (χ0) is 22.5. The SMILES string of the molecule is CCCCOc1ccc2oc(C)c(C(=O)Nc3nnc(SCc4ccccc4F)s3)c2c1. The third kappa shape index (κ3) is 5.11. The number of rotatable bonds is 9. The number of carbonyl (C=O) groups excluding carboxylic acids is 1. The molecule has 1 N–H and O–H groups in total. The normalized spacial score (nSPS) is 11.1. The average Bonchev–Trinajstić information content (AvgIpc) is 3.36. The molecule has 0 fully saturated rings. The topological polar surface area (TPSA) is 77.2 Å². The fourth-order valence-corrected chi connectivity index (χ4v) is 4.87. The Kier molecular flexibility index (Phi) is 7.06. The summed E-state index contributed by atoms with van der Waals surface area (Å²) in [6.07, 6.45) is 2.01. The minimum atomic E-state index is -0.325. The lowest BCUT2D eigenvalue weighted by Crippen LogP contribution is -2.12. The molecule has 0 bridgehead atoms. The van der Waals surface area contributed by atoms with Crippen LogP contribution in [0.5, 0.6) is 5.75 Å². The lowest BCUT2D eigenvalue weighted by atomic mass is 10.1. The van der Waals surface area contributed by atoms with E-state index in [1.54, 1.807) is 25.1 Å². The fourth-order valence-electron chi connectivity index (χ4n) is 3.14. The number of unbranched alkanes of at least 4 members (excludes halogenated alkanes) is 1. The standard InChI is InChI=1S/C23H22FN3O3S2/c1-3-4-11-29-16-9-10-19-17(12-16)20(14(2)30-19)21(28)25-22-26-27-23(32-22)31-13-15-7-5-6-8-18(15)24/h5-10,12H,3-4,11,13H2,1-2H3,(H,25,26,28). The van der Waals surface area contributed by atoms with Gasteiger partial charge in [0, 0.05) is 11.1 Å². The Morgan fingerprint density at radius 3 is 2.91 bits per heavy atom. The number of ether oxygens (including phenoxy) is 1. The highest BCUT2D eigenvalue weighted by Crippen LogP contribution is 2.32. The molecule has 0 aliphatic heterocycles. The summed E-state index contributed by atoms with van der Waals surface area (Å²) >= 11 is 2.61. The van der Waals surface area contributed by atoms with E-state index in [-0.39, 0.29) is 11.7 Å². The number of furan rings is 1. The van der Waals surface area contributed by atoms with E-state index in [0.717, 1.165) is 12.8 Å². The summed E-state index contributed by atoms with van der Waals surface area (Å²) in [4.78, 5) is 13.0. The fraction of sp³-hybridized carbons (Fsp3) is 0.261. The Bertz CT molecular complexity index is 1240. The monoisotopic (exact) mass is 471 g/mol. The Hall–Kier alpha value is -2.91. The molecule has 2 heterocycles. The van der Waals surface area contributed by atoms with E-state index >= 15 is 0 Å². The van der Waals surface area contributed by atoms with E-state index in [4.69, 9.17) is 9.15 Å². The molecule has 166 valence electrons. The van der Waals surface area contributed by atoms with Crippen LogP contribution in [0.2, 0.25) is 0 Å². The van der Waals surface area contributed by atoms with Crippen molar-refractivity contribution in [1.82, 2.24) is 10.2 Å². The maximum absolute atomic E-state index is 13.8. The summed E-state index contributed by atoms with van der Waals surface area (Å²) in [6.45, 7) is 4.48. The van der Waals surface area contributed by atoms with Crippen molar-refractivity contribution in [3.8, 4) is 5.75 Å². The van der Waals surface area contributed by atoms with Gasteiger partial charge in [-0.3, -0.25) is 10.1 Å². The van der Waals surface area contributed by atoms with Gasteiger partial charge in [-0.05, 0) is 43.2 Å². The van der Waals surface area contributed by atoms with Gasteiger partial charge < -0.3 is 9.15 Å².